The molecule has 3 N–H and O–H groups in total. The molecule has 0 aliphatic heterocycles. The zero-order valence-electron chi connectivity index (χ0n) is 9.33. The summed E-state index contributed by atoms with van der Waals surface area (Å²) in [6.07, 6.45) is -1.56. The van der Waals surface area contributed by atoms with Crippen molar-refractivity contribution in [3.05, 3.63) is 0 Å². The molecule has 1 amide bonds. The Hall–Kier alpha value is -0.890. The van der Waals surface area contributed by atoms with Gasteiger partial charge in [-0.2, -0.15) is 0 Å². The number of amides is 1. The smallest absolute Gasteiger partial charge is 0.410 e. The van der Waals surface area contributed by atoms with Crippen LogP contribution in [0.2, 0.25) is 0 Å². The van der Waals surface area contributed by atoms with E-state index < -0.39 is 12.2 Å². The first-order valence-corrected chi connectivity index (χ1v) is 4.96. The minimum atomic E-state index is -0.876. The van der Waals surface area contributed by atoms with Crippen molar-refractivity contribution < 1.29 is 29.6 Å². The molecule has 0 aromatic heterocycles. The van der Waals surface area contributed by atoms with Crippen molar-refractivity contribution in [1.29, 1.82) is 0 Å². The summed E-state index contributed by atoms with van der Waals surface area (Å²) in [4.78, 5) is 12.5. The fraction of sp³-hybridized carbons (Fsp3) is 0.889. The van der Waals surface area contributed by atoms with Gasteiger partial charge >= 0.3 is 6.09 Å². The second-order valence-electron chi connectivity index (χ2n) is 3.12. The van der Waals surface area contributed by atoms with E-state index in [2.05, 4.69) is 4.74 Å². The molecule has 0 heterocycles. The van der Waals surface area contributed by atoms with Gasteiger partial charge in [0.15, 0.2) is 0 Å². The first-order valence-electron chi connectivity index (χ1n) is 4.96. The van der Waals surface area contributed by atoms with Crippen molar-refractivity contribution in [2.45, 2.75) is 6.10 Å². The standard InChI is InChI=1S/C9H19NO6/c1-15-6-8(13)7-16-9(14)10(2-4-11)3-5-12/h8,11-13H,2-7H2,1H3. The Morgan fingerprint density at radius 1 is 1.25 bits per heavy atom. The van der Waals surface area contributed by atoms with E-state index in [9.17, 15) is 9.90 Å². The lowest BCUT2D eigenvalue weighted by atomic mass is 10.4. The summed E-state index contributed by atoms with van der Waals surface area (Å²) >= 11 is 0. The Kier molecular flexibility index (Phi) is 8.82. The average Bonchev–Trinajstić information content (AvgIpc) is 2.26. The number of aliphatic hydroxyl groups is 3. The van der Waals surface area contributed by atoms with Crippen LogP contribution in [0.5, 0.6) is 0 Å². The van der Waals surface area contributed by atoms with E-state index in [0.717, 1.165) is 4.90 Å². The number of aliphatic hydroxyl groups excluding tert-OH is 3. The predicted octanol–water partition coefficient (Wildman–Crippen LogP) is -1.58. The zero-order valence-corrected chi connectivity index (χ0v) is 9.33. The molecule has 16 heavy (non-hydrogen) atoms. The maximum atomic E-state index is 11.4. The highest BCUT2D eigenvalue weighted by atomic mass is 16.6. The van der Waals surface area contributed by atoms with Gasteiger partial charge in [0.05, 0.1) is 19.8 Å². The van der Waals surface area contributed by atoms with Crippen molar-refractivity contribution in [2.75, 3.05) is 46.6 Å². The van der Waals surface area contributed by atoms with Crippen LogP contribution < -0.4 is 0 Å². The second kappa shape index (κ2) is 9.34. The molecular weight excluding hydrogens is 218 g/mol. The minimum Gasteiger partial charge on any atom is -0.447 e. The number of methoxy groups -OCH3 is 1. The molecule has 0 bridgehead atoms. The molecule has 0 aliphatic rings. The van der Waals surface area contributed by atoms with Crippen LogP contribution in [0.25, 0.3) is 0 Å². The van der Waals surface area contributed by atoms with Crippen molar-refractivity contribution >= 4 is 6.09 Å². The molecule has 7 nitrogen and oxygen atoms in total. The number of hydrogen-bond acceptors (Lipinski definition) is 6. The third kappa shape index (κ3) is 6.57. The van der Waals surface area contributed by atoms with Crippen molar-refractivity contribution in [3.8, 4) is 0 Å². The Morgan fingerprint density at radius 2 is 1.81 bits per heavy atom. The van der Waals surface area contributed by atoms with Crippen LogP contribution in [0.4, 0.5) is 4.79 Å². The van der Waals surface area contributed by atoms with E-state index in [1.807, 2.05) is 0 Å². The molecule has 0 aliphatic carbocycles. The molecule has 1 unspecified atom stereocenters. The summed E-state index contributed by atoms with van der Waals surface area (Å²) in [7, 11) is 1.43. The molecule has 0 aromatic carbocycles. The van der Waals surface area contributed by atoms with Crippen LogP contribution in [0.1, 0.15) is 0 Å². The lowest BCUT2D eigenvalue weighted by molar-refractivity contribution is 0.00492. The van der Waals surface area contributed by atoms with Gasteiger partial charge in [-0.1, -0.05) is 0 Å². The van der Waals surface area contributed by atoms with E-state index in [0.29, 0.717) is 0 Å². The molecule has 0 saturated carbocycles. The van der Waals surface area contributed by atoms with E-state index in [1.54, 1.807) is 0 Å². The molecule has 0 radical (unpaired) electrons. The highest BCUT2D eigenvalue weighted by Gasteiger charge is 2.15. The second-order valence-corrected chi connectivity index (χ2v) is 3.12. The molecule has 0 rings (SSSR count). The first-order chi connectivity index (χ1) is 7.65. The summed E-state index contributed by atoms with van der Waals surface area (Å²) in [6.45, 7) is -0.363. The maximum Gasteiger partial charge on any atom is 0.410 e. The largest absolute Gasteiger partial charge is 0.447 e. The fourth-order valence-corrected chi connectivity index (χ4v) is 1.04. The van der Waals surface area contributed by atoms with Gasteiger partial charge in [0.1, 0.15) is 12.7 Å². The number of rotatable bonds is 8. The lowest BCUT2D eigenvalue weighted by Crippen LogP contribution is -2.38. The highest BCUT2D eigenvalue weighted by Crippen LogP contribution is 1.95. The van der Waals surface area contributed by atoms with Gasteiger partial charge in [-0.3, -0.25) is 0 Å². The van der Waals surface area contributed by atoms with Gasteiger partial charge in [0.2, 0.25) is 0 Å². The fourth-order valence-electron chi connectivity index (χ4n) is 1.04. The van der Waals surface area contributed by atoms with Gasteiger partial charge in [0, 0.05) is 20.2 Å². The Morgan fingerprint density at radius 3 is 2.25 bits per heavy atom. The Labute approximate surface area is 94.2 Å². The Balaban J connectivity index is 3.90. The minimum absolute atomic E-state index is 0.0767. The third-order valence-corrected chi connectivity index (χ3v) is 1.76. The molecule has 7 heteroatoms. The third-order valence-electron chi connectivity index (χ3n) is 1.76. The monoisotopic (exact) mass is 237 g/mol. The lowest BCUT2D eigenvalue weighted by Gasteiger charge is -2.20. The highest BCUT2D eigenvalue weighted by molar-refractivity contribution is 5.67. The van der Waals surface area contributed by atoms with Crippen LogP contribution in [0, 0.1) is 0 Å². The molecule has 1 atom stereocenters. The summed E-state index contributed by atoms with van der Waals surface area (Å²) in [6, 6.07) is 0. The van der Waals surface area contributed by atoms with E-state index in [-0.39, 0.29) is 39.5 Å². The summed E-state index contributed by atoms with van der Waals surface area (Å²) in [5, 5.41) is 26.6. The number of ether oxygens (including phenoxy) is 2. The number of carbonyl (C=O) groups is 1. The summed E-state index contributed by atoms with van der Waals surface area (Å²) < 4.78 is 9.41. The van der Waals surface area contributed by atoms with E-state index >= 15 is 0 Å². The van der Waals surface area contributed by atoms with Gasteiger partial charge < -0.3 is 29.7 Å². The average molecular weight is 237 g/mol. The molecule has 0 aromatic rings. The van der Waals surface area contributed by atoms with Crippen molar-refractivity contribution in [1.82, 2.24) is 4.90 Å². The van der Waals surface area contributed by atoms with Crippen LogP contribution in [0.3, 0.4) is 0 Å². The topological polar surface area (TPSA) is 99.5 Å². The van der Waals surface area contributed by atoms with Crippen LogP contribution in [0.15, 0.2) is 0 Å². The molecule has 0 spiro atoms. The first kappa shape index (κ1) is 15.1. The van der Waals surface area contributed by atoms with Crippen LogP contribution >= 0.6 is 0 Å². The number of hydrogen-bond donors (Lipinski definition) is 3. The molecule has 0 fully saturated rings. The zero-order chi connectivity index (χ0) is 12.4. The number of carbonyl (C=O) groups excluding carboxylic acids is 1. The van der Waals surface area contributed by atoms with Gasteiger partial charge in [-0.15, -0.1) is 0 Å². The van der Waals surface area contributed by atoms with E-state index in [4.69, 9.17) is 14.9 Å². The summed E-state index contributed by atoms with van der Waals surface area (Å²) in [5.74, 6) is 0. The number of nitrogens with zero attached hydrogens (tertiary/aromatic N) is 1. The Bertz CT molecular complexity index is 183. The van der Waals surface area contributed by atoms with Crippen molar-refractivity contribution in [2.24, 2.45) is 0 Å². The van der Waals surface area contributed by atoms with Crippen LogP contribution in [-0.2, 0) is 9.47 Å². The van der Waals surface area contributed by atoms with Gasteiger partial charge in [0.25, 0.3) is 0 Å². The normalized spacial score (nSPS) is 12.2. The van der Waals surface area contributed by atoms with Gasteiger partial charge in [-0.05, 0) is 0 Å². The quantitative estimate of drug-likeness (QED) is 0.471. The van der Waals surface area contributed by atoms with Crippen molar-refractivity contribution in [3.63, 3.8) is 0 Å². The van der Waals surface area contributed by atoms with Crippen LogP contribution in [-0.4, -0.2) is 79.0 Å². The van der Waals surface area contributed by atoms with E-state index in [1.165, 1.54) is 7.11 Å². The molecule has 0 saturated heterocycles. The summed E-state index contributed by atoms with van der Waals surface area (Å²) in [5.41, 5.74) is 0. The molecule has 96 valence electrons. The van der Waals surface area contributed by atoms with Gasteiger partial charge in [-0.25, -0.2) is 4.79 Å². The molecular formula is C9H19NO6. The maximum absolute atomic E-state index is 11.4. The SMILES string of the molecule is COCC(O)COC(=O)N(CCO)CCO. The predicted molar refractivity (Wildman–Crippen MR) is 55.0 cm³/mol.